The zero-order valence-electron chi connectivity index (χ0n) is 12.9. The monoisotopic (exact) mass is 384 g/mol. The number of aromatic amines is 1. The Bertz CT molecular complexity index is 936. The van der Waals surface area contributed by atoms with E-state index in [4.69, 9.17) is 11.6 Å². The van der Waals surface area contributed by atoms with Gasteiger partial charge in [0.1, 0.15) is 11.4 Å². The van der Waals surface area contributed by atoms with Crippen LogP contribution in [0.15, 0.2) is 53.4 Å². The van der Waals surface area contributed by atoms with E-state index in [0.717, 1.165) is 0 Å². The molecular weight excluding hydrogens is 373 g/mol. The van der Waals surface area contributed by atoms with E-state index in [9.17, 15) is 17.4 Å². The lowest BCUT2D eigenvalue weighted by atomic mass is 9.99. The first-order valence-electron chi connectivity index (χ1n) is 7.12. The highest BCUT2D eigenvalue weighted by Crippen LogP contribution is 2.41. The molecule has 0 aliphatic heterocycles. The van der Waals surface area contributed by atoms with E-state index >= 15 is 0 Å². The van der Waals surface area contributed by atoms with Gasteiger partial charge in [0.2, 0.25) is 0 Å². The number of aromatic nitrogens is 2. The molecule has 0 radical (unpaired) electrons. The average molecular weight is 385 g/mol. The number of rotatable bonds is 3. The lowest BCUT2D eigenvalue weighted by Gasteiger charge is -2.10. The van der Waals surface area contributed by atoms with Crippen molar-refractivity contribution in [1.29, 1.82) is 0 Å². The predicted molar refractivity (Wildman–Crippen MR) is 91.8 cm³/mol. The minimum Gasteiger partial charge on any atom is -0.272 e. The first kappa shape index (κ1) is 17.7. The van der Waals surface area contributed by atoms with E-state index in [1.165, 1.54) is 12.3 Å². The Labute approximate surface area is 149 Å². The summed E-state index contributed by atoms with van der Waals surface area (Å²) in [5, 5.41) is 6.29. The zero-order valence-corrected chi connectivity index (χ0v) is 14.5. The second-order valence-corrected chi connectivity index (χ2v) is 7.12. The number of nitrogens with one attached hydrogen (secondary N) is 1. The fourth-order valence-corrected chi connectivity index (χ4v) is 3.20. The molecule has 0 saturated carbocycles. The van der Waals surface area contributed by atoms with Crippen molar-refractivity contribution < 1.29 is 17.4 Å². The molecule has 1 heterocycles. The number of hydrogen-bond donors (Lipinski definition) is 1. The van der Waals surface area contributed by atoms with Crippen LogP contribution in [0.4, 0.5) is 13.2 Å². The summed E-state index contributed by atoms with van der Waals surface area (Å²) in [4.78, 5) is 0.583. The second kappa shape index (κ2) is 6.65. The molecule has 0 aliphatic carbocycles. The van der Waals surface area contributed by atoms with E-state index in [2.05, 4.69) is 10.2 Å². The zero-order chi connectivity index (χ0) is 18.2. The maximum absolute atomic E-state index is 13.4. The van der Waals surface area contributed by atoms with E-state index in [0.29, 0.717) is 21.0 Å². The Hall–Kier alpha value is -2.12. The molecule has 1 N–H and O–H groups in total. The normalized spacial score (nSPS) is 13.0. The molecule has 2 aromatic carbocycles. The highest BCUT2D eigenvalue weighted by molar-refractivity contribution is 7.84. The van der Waals surface area contributed by atoms with Crippen LogP contribution in [0.25, 0.3) is 22.4 Å². The first-order chi connectivity index (χ1) is 11.8. The van der Waals surface area contributed by atoms with Crippen LogP contribution in [0.2, 0.25) is 5.02 Å². The second-order valence-electron chi connectivity index (χ2n) is 5.31. The summed E-state index contributed by atoms with van der Waals surface area (Å²) in [5.74, 6) is 0. The Kier molecular flexibility index (Phi) is 4.71. The molecule has 0 saturated heterocycles. The van der Waals surface area contributed by atoms with Gasteiger partial charge in [-0.25, -0.2) is 0 Å². The summed E-state index contributed by atoms with van der Waals surface area (Å²) >= 11 is 5.94. The Morgan fingerprint density at radius 2 is 1.76 bits per heavy atom. The molecule has 0 spiro atoms. The third-order valence-electron chi connectivity index (χ3n) is 3.62. The van der Waals surface area contributed by atoms with Crippen molar-refractivity contribution >= 4 is 22.4 Å². The van der Waals surface area contributed by atoms with Gasteiger partial charge >= 0.3 is 6.18 Å². The van der Waals surface area contributed by atoms with Gasteiger partial charge in [0, 0.05) is 38.1 Å². The SMILES string of the molecule is CS(=O)c1ccc(-c2n[nH]c(C(F)(F)F)c2-c2cccc(Cl)c2)cc1. The summed E-state index contributed by atoms with van der Waals surface area (Å²) in [6.45, 7) is 0. The van der Waals surface area contributed by atoms with Gasteiger partial charge in [-0.15, -0.1) is 0 Å². The highest BCUT2D eigenvalue weighted by atomic mass is 35.5. The molecule has 1 atom stereocenters. The summed E-state index contributed by atoms with van der Waals surface area (Å²) in [6, 6.07) is 12.6. The van der Waals surface area contributed by atoms with Crippen LogP contribution in [-0.2, 0) is 17.0 Å². The van der Waals surface area contributed by atoms with Gasteiger partial charge in [0.05, 0.1) is 0 Å². The van der Waals surface area contributed by atoms with Crippen LogP contribution in [0.3, 0.4) is 0 Å². The molecule has 3 aromatic rings. The van der Waals surface area contributed by atoms with Gasteiger partial charge < -0.3 is 0 Å². The van der Waals surface area contributed by atoms with Crippen molar-refractivity contribution in [2.75, 3.05) is 6.26 Å². The topological polar surface area (TPSA) is 45.8 Å². The van der Waals surface area contributed by atoms with Crippen LogP contribution in [0, 0.1) is 0 Å². The standard InChI is InChI=1S/C17H12ClF3N2OS/c1-25(24)13-7-5-10(6-8-13)15-14(11-3-2-4-12(18)9-11)16(23-22-15)17(19,20)21/h2-9H,1H3,(H,22,23). The van der Waals surface area contributed by atoms with Crippen LogP contribution in [0.1, 0.15) is 5.69 Å². The average Bonchev–Trinajstić information content (AvgIpc) is 3.00. The number of alkyl halides is 3. The van der Waals surface area contributed by atoms with E-state index in [-0.39, 0.29) is 11.3 Å². The minimum absolute atomic E-state index is 0.0691. The van der Waals surface area contributed by atoms with Gasteiger partial charge in [-0.2, -0.15) is 18.3 Å². The lowest BCUT2D eigenvalue weighted by Crippen LogP contribution is -2.07. The molecule has 3 nitrogen and oxygen atoms in total. The minimum atomic E-state index is -4.59. The molecule has 1 aromatic heterocycles. The number of nitrogens with zero attached hydrogens (tertiary/aromatic N) is 1. The van der Waals surface area contributed by atoms with Crippen molar-refractivity contribution in [3.05, 3.63) is 59.2 Å². The van der Waals surface area contributed by atoms with Gasteiger partial charge in [-0.1, -0.05) is 35.9 Å². The summed E-state index contributed by atoms with van der Waals surface area (Å²) in [7, 11) is -1.17. The molecule has 0 bridgehead atoms. The molecule has 25 heavy (non-hydrogen) atoms. The van der Waals surface area contributed by atoms with E-state index < -0.39 is 22.7 Å². The van der Waals surface area contributed by atoms with Crippen molar-refractivity contribution in [2.24, 2.45) is 0 Å². The van der Waals surface area contributed by atoms with Gasteiger partial charge in [-0.05, 0) is 29.8 Å². The van der Waals surface area contributed by atoms with Crippen LogP contribution >= 0.6 is 11.6 Å². The van der Waals surface area contributed by atoms with Gasteiger partial charge in [0.15, 0.2) is 0 Å². The van der Waals surface area contributed by atoms with Gasteiger partial charge in [0.25, 0.3) is 0 Å². The number of H-pyrrole nitrogens is 1. The maximum Gasteiger partial charge on any atom is 0.433 e. The summed E-state index contributed by atoms with van der Waals surface area (Å²) in [6.07, 6.45) is -3.06. The molecule has 0 fully saturated rings. The molecule has 8 heteroatoms. The number of hydrogen-bond acceptors (Lipinski definition) is 2. The maximum atomic E-state index is 13.4. The quantitative estimate of drug-likeness (QED) is 0.678. The van der Waals surface area contributed by atoms with Crippen molar-refractivity contribution in [3.8, 4) is 22.4 Å². The van der Waals surface area contributed by atoms with Crippen molar-refractivity contribution in [1.82, 2.24) is 10.2 Å². The summed E-state index contributed by atoms with van der Waals surface area (Å²) < 4.78 is 51.6. The Balaban J connectivity index is 2.21. The predicted octanol–water partition coefficient (Wildman–Crippen LogP) is 5.15. The van der Waals surface area contributed by atoms with Crippen LogP contribution in [-0.4, -0.2) is 20.7 Å². The Morgan fingerprint density at radius 1 is 1.08 bits per heavy atom. The van der Waals surface area contributed by atoms with Crippen LogP contribution in [0.5, 0.6) is 0 Å². The summed E-state index contributed by atoms with van der Waals surface area (Å²) in [5.41, 5.74) is -0.0565. The molecule has 130 valence electrons. The lowest BCUT2D eigenvalue weighted by molar-refractivity contribution is -0.140. The van der Waals surface area contributed by atoms with Crippen LogP contribution < -0.4 is 0 Å². The third-order valence-corrected chi connectivity index (χ3v) is 4.79. The molecule has 0 amide bonds. The fraction of sp³-hybridized carbons (Fsp3) is 0.118. The molecule has 3 rings (SSSR count). The highest BCUT2D eigenvalue weighted by Gasteiger charge is 2.38. The molecule has 0 aliphatic rings. The Morgan fingerprint density at radius 3 is 2.32 bits per heavy atom. The number of benzene rings is 2. The molecular formula is C17H12ClF3N2OS. The van der Waals surface area contributed by atoms with E-state index in [1.54, 1.807) is 42.5 Å². The largest absolute Gasteiger partial charge is 0.433 e. The number of halogens is 4. The fourth-order valence-electron chi connectivity index (χ4n) is 2.49. The third kappa shape index (κ3) is 3.62. The molecule has 1 unspecified atom stereocenters. The van der Waals surface area contributed by atoms with Gasteiger partial charge in [-0.3, -0.25) is 9.31 Å². The van der Waals surface area contributed by atoms with Crippen molar-refractivity contribution in [2.45, 2.75) is 11.1 Å². The van der Waals surface area contributed by atoms with E-state index in [1.807, 2.05) is 0 Å². The first-order valence-corrected chi connectivity index (χ1v) is 9.06. The van der Waals surface area contributed by atoms with Crippen molar-refractivity contribution in [3.63, 3.8) is 0 Å². The smallest absolute Gasteiger partial charge is 0.272 e.